The Labute approximate surface area is 222 Å². The molecular weight excluding hydrogens is 515 g/mol. The van der Waals surface area contributed by atoms with Gasteiger partial charge in [-0.1, -0.05) is 20.3 Å². The molecule has 13 nitrogen and oxygen atoms in total. The van der Waals surface area contributed by atoms with E-state index in [1.165, 1.54) is 6.33 Å². The SMILES string of the molecule is CC(C)OC(=O)COP(=O)(CO[C@H](C)Cn1cnc2c(N)ncnc21)NC1CCCCC1OC(=O)C(C)C. The molecule has 1 aliphatic rings. The van der Waals surface area contributed by atoms with Gasteiger partial charge >= 0.3 is 11.9 Å². The molecule has 1 saturated carbocycles. The third-order valence-electron chi connectivity index (χ3n) is 5.97. The molecule has 0 bridgehead atoms. The highest BCUT2D eigenvalue weighted by Crippen LogP contribution is 2.45. The molecule has 0 aromatic carbocycles. The molecule has 4 atom stereocenters. The van der Waals surface area contributed by atoms with Gasteiger partial charge in [0.05, 0.1) is 37.0 Å². The van der Waals surface area contributed by atoms with Crippen molar-refractivity contribution in [3.63, 3.8) is 0 Å². The number of anilines is 1. The minimum absolute atomic E-state index is 0.276. The number of rotatable bonds is 13. The number of hydrogen-bond donors (Lipinski definition) is 2. The highest BCUT2D eigenvalue weighted by molar-refractivity contribution is 7.56. The molecule has 2 aromatic rings. The summed E-state index contributed by atoms with van der Waals surface area (Å²) in [6, 6.07) is -0.408. The van der Waals surface area contributed by atoms with E-state index in [9.17, 15) is 14.2 Å². The quantitative estimate of drug-likeness (QED) is 0.274. The van der Waals surface area contributed by atoms with E-state index in [1.54, 1.807) is 38.6 Å². The monoisotopic (exact) mass is 554 g/mol. The maximum Gasteiger partial charge on any atom is 0.332 e. The van der Waals surface area contributed by atoms with E-state index >= 15 is 0 Å². The zero-order chi connectivity index (χ0) is 27.9. The van der Waals surface area contributed by atoms with Gasteiger partial charge in [0, 0.05) is 0 Å². The van der Waals surface area contributed by atoms with Crippen LogP contribution in [0.3, 0.4) is 0 Å². The fraction of sp³-hybridized carbons (Fsp3) is 0.708. The van der Waals surface area contributed by atoms with Crippen LogP contribution in [-0.2, 0) is 39.4 Å². The number of nitrogen functional groups attached to an aromatic ring is 1. The number of imidazole rings is 1. The van der Waals surface area contributed by atoms with Crippen molar-refractivity contribution in [3.05, 3.63) is 12.7 Å². The number of aromatic nitrogens is 4. The van der Waals surface area contributed by atoms with Crippen molar-refractivity contribution in [1.82, 2.24) is 24.6 Å². The summed E-state index contributed by atoms with van der Waals surface area (Å²) in [6.45, 7) is 8.61. The second kappa shape index (κ2) is 13.5. The van der Waals surface area contributed by atoms with Crippen LogP contribution in [0, 0.1) is 5.92 Å². The molecule has 38 heavy (non-hydrogen) atoms. The molecule has 0 spiro atoms. The molecule has 0 amide bonds. The predicted octanol–water partition coefficient (Wildman–Crippen LogP) is 3.03. The first-order chi connectivity index (χ1) is 18.0. The van der Waals surface area contributed by atoms with Gasteiger partial charge in [-0.05, 0) is 40.0 Å². The Morgan fingerprint density at radius 2 is 1.89 bits per heavy atom. The van der Waals surface area contributed by atoms with Crippen LogP contribution in [0.5, 0.6) is 0 Å². The molecule has 0 saturated heterocycles. The number of fused-ring (bicyclic) bond motifs is 1. The molecule has 1 fully saturated rings. The van der Waals surface area contributed by atoms with E-state index in [2.05, 4.69) is 20.0 Å². The van der Waals surface area contributed by atoms with Gasteiger partial charge in [-0.2, -0.15) is 0 Å². The first-order valence-corrected chi connectivity index (χ1v) is 14.7. The van der Waals surface area contributed by atoms with Crippen LogP contribution >= 0.6 is 7.52 Å². The Hall–Kier alpha value is -2.60. The predicted molar refractivity (Wildman–Crippen MR) is 140 cm³/mol. The van der Waals surface area contributed by atoms with Crippen molar-refractivity contribution in [2.45, 2.75) is 91.2 Å². The van der Waals surface area contributed by atoms with Gasteiger partial charge in [-0.3, -0.25) is 9.36 Å². The second-order valence-electron chi connectivity index (χ2n) is 10.1. The van der Waals surface area contributed by atoms with Crippen LogP contribution < -0.4 is 10.8 Å². The summed E-state index contributed by atoms with van der Waals surface area (Å²) in [4.78, 5) is 36.8. The average molecular weight is 555 g/mol. The zero-order valence-corrected chi connectivity index (χ0v) is 23.6. The lowest BCUT2D eigenvalue weighted by Gasteiger charge is -2.34. The molecule has 3 rings (SSSR count). The summed E-state index contributed by atoms with van der Waals surface area (Å²) < 4.78 is 38.1. The number of nitrogens with one attached hydrogen (secondary N) is 1. The first-order valence-electron chi connectivity index (χ1n) is 12.9. The summed E-state index contributed by atoms with van der Waals surface area (Å²) in [7, 11) is -3.72. The average Bonchev–Trinajstić information content (AvgIpc) is 3.26. The largest absolute Gasteiger partial charge is 0.461 e. The first kappa shape index (κ1) is 29.9. The molecule has 3 unspecified atom stereocenters. The van der Waals surface area contributed by atoms with Crippen molar-refractivity contribution in [2.24, 2.45) is 5.92 Å². The fourth-order valence-corrected chi connectivity index (χ4v) is 5.87. The topological polar surface area (TPSA) is 170 Å². The molecule has 3 N–H and O–H groups in total. The Balaban J connectivity index is 1.70. The summed E-state index contributed by atoms with van der Waals surface area (Å²) in [5, 5.41) is 3.05. The van der Waals surface area contributed by atoms with Gasteiger partial charge in [0.1, 0.15) is 24.3 Å². The second-order valence-corrected chi connectivity index (χ2v) is 12.2. The lowest BCUT2D eigenvalue weighted by molar-refractivity contribution is -0.155. The highest BCUT2D eigenvalue weighted by Gasteiger charge is 2.36. The number of nitrogens with zero attached hydrogens (tertiary/aromatic N) is 4. The minimum Gasteiger partial charge on any atom is -0.461 e. The Morgan fingerprint density at radius 1 is 1.16 bits per heavy atom. The van der Waals surface area contributed by atoms with E-state index in [0.29, 0.717) is 30.6 Å². The van der Waals surface area contributed by atoms with Crippen molar-refractivity contribution < 1.29 is 32.9 Å². The van der Waals surface area contributed by atoms with Gasteiger partial charge < -0.3 is 29.0 Å². The van der Waals surface area contributed by atoms with Gasteiger partial charge in [0.15, 0.2) is 18.1 Å². The van der Waals surface area contributed by atoms with Gasteiger partial charge in [-0.25, -0.2) is 24.8 Å². The van der Waals surface area contributed by atoms with E-state index < -0.39 is 38.3 Å². The summed E-state index contributed by atoms with van der Waals surface area (Å²) >= 11 is 0. The summed E-state index contributed by atoms with van der Waals surface area (Å²) in [6.07, 6.45) is 4.45. The molecule has 2 heterocycles. The molecule has 0 radical (unpaired) electrons. The van der Waals surface area contributed by atoms with E-state index in [4.69, 9.17) is 24.5 Å². The fourth-order valence-electron chi connectivity index (χ4n) is 4.08. The number of carbonyl (C=O) groups excluding carboxylic acids is 2. The summed E-state index contributed by atoms with van der Waals surface area (Å²) in [5.41, 5.74) is 6.90. The molecule has 2 aromatic heterocycles. The van der Waals surface area contributed by atoms with E-state index in [0.717, 1.165) is 12.8 Å². The number of nitrogens with two attached hydrogens (primary N) is 1. The van der Waals surface area contributed by atoms with Gasteiger partial charge in [0.2, 0.25) is 0 Å². The number of esters is 2. The third kappa shape index (κ3) is 8.45. The van der Waals surface area contributed by atoms with Crippen LogP contribution in [0.4, 0.5) is 5.82 Å². The normalized spacial score (nSPS) is 20.4. The van der Waals surface area contributed by atoms with Crippen LogP contribution in [0.2, 0.25) is 0 Å². The summed E-state index contributed by atoms with van der Waals surface area (Å²) in [5.74, 6) is -0.959. The van der Waals surface area contributed by atoms with Crippen LogP contribution in [0.15, 0.2) is 12.7 Å². The molecular formula is C24H39N6O7P. The number of ether oxygens (including phenoxy) is 3. The minimum atomic E-state index is -3.72. The molecule has 0 aliphatic heterocycles. The molecule has 14 heteroatoms. The lowest BCUT2D eigenvalue weighted by atomic mass is 9.93. The molecule has 1 aliphatic carbocycles. The Morgan fingerprint density at radius 3 is 2.61 bits per heavy atom. The smallest absolute Gasteiger partial charge is 0.332 e. The van der Waals surface area contributed by atoms with Crippen molar-refractivity contribution >= 4 is 36.4 Å². The Kier molecular flexibility index (Phi) is 10.6. The highest BCUT2D eigenvalue weighted by atomic mass is 31.2. The standard InChI is InChI=1S/C24H39N6O7P/c1-15(2)24(32)37-19-9-7-6-8-18(19)29-38(33,35-11-20(31)36-16(3)4)14-34-17(5)10-30-13-28-21-22(25)26-12-27-23(21)30/h12-13,15-19H,6-11,14H2,1-5H3,(H,29,33)(H2,25,26,27)/t17-,18?,19?,38?/m1/s1. The van der Waals surface area contributed by atoms with Crippen LogP contribution in [0.1, 0.15) is 60.3 Å². The van der Waals surface area contributed by atoms with Crippen molar-refractivity contribution in [3.8, 4) is 0 Å². The zero-order valence-electron chi connectivity index (χ0n) is 22.7. The van der Waals surface area contributed by atoms with E-state index in [-0.39, 0.29) is 30.2 Å². The maximum atomic E-state index is 13.9. The van der Waals surface area contributed by atoms with Crippen LogP contribution in [0.25, 0.3) is 11.2 Å². The lowest BCUT2D eigenvalue weighted by Crippen LogP contribution is -2.44. The molecule has 212 valence electrons. The van der Waals surface area contributed by atoms with E-state index in [1.807, 2.05) is 6.92 Å². The Bertz CT molecular complexity index is 1140. The van der Waals surface area contributed by atoms with Crippen molar-refractivity contribution in [2.75, 3.05) is 18.7 Å². The van der Waals surface area contributed by atoms with Crippen LogP contribution in [-0.4, -0.2) is 68.8 Å². The maximum absolute atomic E-state index is 13.9. The third-order valence-corrected chi connectivity index (χ3v) is 7.73. The number of hydrogen-bond acceptors (Lipinski definition) is 11. The number of carbonyl (C=O) groups is 2. The van der Waals surface area contributed by atoms with Crippen molar-refractivity contribution in [1.29, 1.82) is 0 Å². The van der Waals surface area contributed by atoms with Gasteiger partial charge in [0.25, 0.3) is 7.52 Å². The van der Waals surface area contributed by atoms with Gasteiger partial charge in [-0.15, -0.1) is 0 Å².